The Hall–Kier alpha value is -0.950. The number of hydrogen-bond donors (Lipinski definition) is 1. The lowest BCUT2D eigenvalue weighted by atomic mass is 10.1. The van der Waals surface area contributed by atoms with E-state index < -0.39 is 13.0 Å². The molecule has 0 saturated carbocycles. The summed E-state index contributed by atoms with van der Waals surface area (Å²) >= 11 is 0. The van der Waals surface area contributed by atoms with Crippen molar-refractivity contribution < 1.29 is 18.3 Å². The van der Waals surface area contributed by atoms with E-state index in [2.05, 4.69) is 10.3 Å². The molecule has 0 bridgehead atoms. The topological polar surface area (TPSA) is 46.1 Å². The fourth-order valence-electron chi connectivity index (χ4n) is 2.57. The van der Waals surface area contributed by atoms with Crippen molar-refractivity contribution in [2.75, 3.05) is 39.4 Å². The molecule has 20 heavy (non-hydrogen) atoms. The van der Waals surface area contributed by atoms with Crippen LogP contribution >= 0.6 is 0 Å². The highest BCUT2D eigenvalue weighted by molar-refractivity contribution is 5.80. The lowest BCUT2D eigenvalue weighted by molar-refractivity contribution is -0.0817. The maximum Gasteiger partial charge on any atom is 0.257 e. The molecule has 2 atom stereocenters. The van der Waals surface area contributed by atoms with Gasteiger partial charge in [0.05, 0.1) is 12.7 Å². The van der Waals surface area contributed by atoms with E-state index >= 15 is 0 Å². The van der Waals surface area contributed by atoms with Crippen molar-refractivity contribution in [2.24, 2.45) is 4.99 Å². The minimum atomic E-state index is -2.42. The van der Waals surface area contributed by atoms with Gasteiger partial charge in [0.2, 0.25) is 0 Å². The first-order chi connectivity index (χ1) is 9.70. The molecule has 2 unspecified atom stereocenters. The van der Waals surface area contributed by atoms with Gasteiger partial charge in [-0.1, -0.05) is 0 Å². The van der Waals surface area contributed by atoms with Crippen molar-refractivity contribution in [2.45, 2.75) is 38.4 Å². The molecule has 0 amide bonds. The summed E-state index contributed by atoms with van der Waals surface area (Å²) in [6.45, 7) is 4.77. The van der Waals surface area contributed by atoms with Gasteiger partial charge in [-0.25, -0.2) is 13.8 Å². The average Bonchev–Trinajstić information content (AvgIpc) is 2.97. The Bertz CT molecular complexity index is 323. The molecule has 0 aromatic heterocycles. The van der Waals surface area contributed by atoms with Gasteiger partial charge in [0, 0.05) is 26.2 Å². The van der Waals surface area contributed by atoms with Crippen LogP contribution in [0.25, 0.3) is 0 Å². The van der Waals surface area contributed by atoms with Crippen molar-refractivity contribution >= 4 is 5.96 Å². The van der Waals surface area contributed by atoms with Gasteiger partial charge in [0.25, 0.3) is 6.43 Å². The second kappa shape index (κ2) is 7.73. The molecule has 116 valence electrons. The molecule has 0 spiro atoms. The largest absolute Gasteiger partial charge is 0.375 e. The molecule has 2 fully saturated rings. The number of ether oxygens (including phenoxy) is 2. The van der Waals surface area contributed by atoms with Crippen molar-refractivity contribution in [3.8, 4) is 0 Å². The molecule has 2 heterocycles. The highest BCUT2D eigenvalue weighted by Gasteiger charge is 2.32. The van der Waals surface area contributed by atoms with E-state index in [1.54, 1.807) is 0 Å². The van der Waals surface area contributed by atoms with E-state index in [4.69, 9.17) is 9.47 Å². The fourth-order valence-corrected chi connectivity index (χ4v) is 2.57. The Labute approximate surface area is 118 Å². The van der Waals surface area contributed by atoms with Crippen molar-refractivity contribution in [1.82, 2.24) is 10.2 Å². The van der Waals surface area contributed by atoms with E-state index in [1.807, 2.05) is 11.8 Å². The van der Waals surface area contributed by atoms with Gasteiger partial charge in [-0.2, -0.15) is 0 Å². The van der Waals surface area contributed by atoms with Crippen molar-refractivity contribution in [1.29, 1.82) is 0 Å². The third kappa shape index (κ3) is 4.28. The summed E-state index contributed by atoms with van der Waals surface area (Å²) in [6, 6.07) is 0. The molecule has 2 saturated heterocycles. The van der Waals surface area contributed by atoms with E-state index in [1.165, 1.54) is 0 Å². The smallest absolute Gasteiger partial charge is 0.257 e. The van der Waals surface area contributed by atoms with Crippen LogP contribution in [-0.4, -0.2) is 68.9 Å². The molecular formula is C13H23F2N3O2. The lowest BCUT2D eigenvalue weighted by Gasteiger charge is -2.37. The van der Waals surface area contributed by atoms with Crippen LogP contribution in [0.3, 0.4) is 0 Å². The first-order valence-corrected chi connectivity index (χ1v) is 7.25. The van der Waals surface area contributed by atoms with Gasteiger partial charge in [0.1, 0.15) is 12.6 Å². The average molecular weight is 291 g/mol. The predicted molar refractivity (Wildman–Crippen MR) is 72.3 cm³/mol. The van der Waals surface area contributed by atoms with Gasteiger partial charge in [-0.15, -0.1) is 0 Å². The number of guanidine groups is 1. The number of nitrogens with one attached hydrogen (secondary N) is 1. The second-order valence-electron chi connectivity index (χ2n) is 4.99. The van der Waals surface area contributed by atoms with E-state index in [9.17, 15) is 8.78 Å². The van der Waals surface area contributed by atoms with Crippen LogP contribution < -0.4 is 5.32 Å². The molecule has 1 N–H and O–H groups in total. The van der Waals surface area contributed by atoms with Gasteiger partial charge in [0.15, 0.2) is 5.96 Å². The monoisotopic (exact) mass is 291 g/mol. The first kappa shape index (κ1) is 15.4. The summed E-state index contributed by atoms with van der Waals surface area (Å²) in [7, 11) is 0. The van der Waals surface area contributed by atoms with Gasteiger partial charge in [-0.05, 0) is 19.8 Å². The van der Waals surface area contributed by atoms with E-state index in [0.29, 0.717) is 32.2 Å². The molecule has 0 aliphatic carbocycles. The van der Waals surface area contributed by atoms with Crippen LogP contribution in [-0.2, 0) is 9.47 Å². The lowest BCUT2D eigenvalue weighted by Crippen LogP contribution is -2.53. The van der Waals surface area contributed by atoms with Crippen molar-refractivity contribution in [3.63, 3.8) is 0 Å². The number of rotatable bonds is 4. The molecule has 7 heteroatoms. The molecule has 0 aromatic rings. The number of nitrogens with zero attached hydrogens (tertiary/aromatic N) is 2. The Balaban J connectivity index is 1.95. The Morgan fingerprint density at radius 2 is 2.15 bits per heavy atom. The summed E-state index contributed by atoms with van der Waals surface area (Å²) < 4.78 is 36.0. The summed E-state index contributed by atoms with van der Waals surface area (Å²) in [5.74, 6) is 0.541. The zero-order valence-electron chi connectivity index (χ0n) is 11.9. The molecule has 2 rings (SSSR count). The number of alkyl halides is 2. The molecule has 2 aliphatic rings. The van der Waals surface area contributed by atoms with Gasteiger partial charge >= 0.3 is 0 Å². The standard InChI is InChI=1S/C13H23F2N3O2/c1-2-16-13(17-8-12(14)15)18-5-7-20-11(9-18)10-4-3-6-19-10/h10-12H,2-9H2,1H3,(H,16,17). The maximum atomic E-state index is 12.3. The van der Waals surface area contributed by atoms with Gasteiger partial charge < -0.3 is 19.7 Å². The normalized spacial score (nSPS) is 28.2. The highest BCUT2D eigenvalue weighted by Crippen LogP contribution is 2.21. The van der Waals surface area contributed by atoms with Crippen LogP contribution in [0, 0.1) is 0 Å². The quantitative estimate of drug-likeness (QED) is 0.622. The van der Waals surface area contributed by atoms with Crippen molar-refractivity contribution in [3.05, 3.63) is 0 Å². The first-order valence-electron chi connectivity index (χ1n) is 7.25. The third-order valence-electron chi connectivity index (χ3n) is 3.49. The number of halogens is 2. The molecule has 2 aliphatic heterocycles. The van der Waals surface area contributed by atoms with Crippen LogP contribution in [0.15, 0.2) is 4.99 Å². The zero-order valence-corrected chi connectivity index (χ0v) is 11.9. The van der Waals surface area contributed by atoms with Crippen LogP contribution in [0.5, 0.6) is 0 Å². The predicted octanol–water partition coefficient (Wildman–Crippen LogP) is 1.10. The minimum absolute atomic E-state index is 0.00153. The van der Waals surface area contributed by atoms with Crippen LogP contribution in [0.4, 0.5) is 8.78 Å². The van der Waals surface area contributed by atoms with Crippen LogP contribution in [0.1, 0.15) is 19.8 Å². The third-order valence-corrected chi connectivity index (χ3v) is 3.49. The summed E-state index contributed by atoms with van der Waals surface area (Å²) in [5, 5.41) is 3.07. The molecule has 0 aromatic carbocycles. The molecular weight excluding hydrogens is 268 g/mol. The Kier molecular flexibility index (Phi) is 5.97. The van der Waals surface area contributed by atoms with E-state index in [0.717, 1.165) is 19.4 Å². The second-order valence-corrected chi connectivity index (χ2v) is 4.99. The molecule has 0 radical (unpaired) electrons. The Morgan fingerprint density at radius 3 is 2.80 bits per heavy atom. The summed E-state index contributed by atoms with van der Waals surface area (Å²) in [4.78, 5) is 5.97. The van der Waals surface area contributed by atoms with Gasteiger partial charge in [-0.3, -0.25) is 0 Å². The summed E-state index contributed by atoms with van der Waals surface area (Å²) in [6.07, 6.45) is -0.233. The maximum absolute atomic E-state index is 12.3. The highest BCUT2D eigenvalue weighted by atomic mass is 19.3. The molecule has 5 nitrogen and oxygen atoms in total. The minimum Gasteiger partial charge on any atom is -0.375 e. The van der Waals surface area contributed by atoms with E-state index in [-0.39, 0.29) is 12.2 Å². The number of morpholine rings is 1. The van der Waals surface area contributed by atoms with Crippen LogP contribution in [0.2, 0.25) is 0 Å². The SMILES string of the molecule is CCNC(=NCC(F)F)N1CCOC(C2CCCO2)C1. The fraction of sp³-hybridized carbons (Fsp3) is 0.923. The number of aliphatic imine (C=N–C) groups is 1. The zero-order chi connectivity index (χ0) is 14.4. The summed E-state index contributed by atoms with van der Waals surface area (Å²) in [5.41, 5.74) is 0. The number of hydrogen-bond acceptors (Lipinski definition) is 3. The Morgan fingerprint density at radius 1 is 1.35 bits per heavy atom.